The van der Waals surface area contributed by atoms with E-state index >= 15 is 4.39 Å². The highest BCUT2D eigenvalue weighted by atomic mass is 35.5. The average Bonchev–Trinajstić information content (AvgIpc) is 3.67. The molecule has 1 aliphatic carbocycles. The normalized spacial score (nSPS) is 21.9. The molecule has 0 bridgehead atoms. The van der Waals surface area contributed by atoms with Crippen molar-refractivity contribution in [1.82, 2.24) is 9.88 Å². The SMILES string of the molecule is C[C@@H](CO)Oc1cc(N2C3CCC34C2CN4C(=O)OC(C)(C)C)c2c3c(c(-c4ccc(F)c5sc(NC(=O)OC(C)(C)C)c(C#N)c45)c(Cl)c2n1)COC3. The number of aromatic nitrogens is 1. The summed E-state index contributed by atoms with van der Waals surface area (Å²) in [5, 5.41) is 24.5. The van der Waals surface area contributed by atoms with Crippen LogP contribution in [0.15, 0.2) is 18.2 Å². The van der Waals surface area contributed by atoms with Crippen LogP contribution in [0.1, 0.15) is 78.0 Å². The van der Waals surface area contributed by atoms with Gasteiger partial charge in [-0.15, -0.1) is 11.3 Å². The Hall–Kier alpha value is -4.42. The second-order valence-electron chi connectivity index (χ2n) is 16.4. The molecule has 2 aromatic carbocycles. The van der Waals surface area contributed by atoms with E-state index in [9.17, 15) is 20.0 Å². The number of thiophene rings is 1. The maximum absolute atomic E-state index is 15.6. The Balaban J connectivity index is 1.29. The summed E-state index contributed by atoms with van der Waals surface area (Å²) in [4.78, 5) is 35.1. The minimum absolute atomic E-state index is 0.0329. The summed E-state index contributed by atoms with van der Waals surface area (Å²) in [5.74, 6) is -0.304. The molecule has 3 aliphatic heterocycles. The van der Waals surface area contributed by atoms with Gasteiger partial charge in [-0.05, 0) is 84.1 Å². The lowest BCUT2D eigenvalue weighted by Crippen LogP contribution is -2.97. The molecule has 5 heterocycles. The average molecular weight is 778 g/mol. The second-order valence-corrected chi connectivity index (χ2v) is 17.8. The van der Waals surface area contributed by atoms with Crippen molar-refractivity contribution >= 4 is 66.8 Å². The highest BCUT2D eigenvalue weighted by Crippen LogP contribution is 2.63. The number of pyridine rings is 1. The first-order valence-corrected chi connectivity index (χ1v) is 19.1. The van der Waals surface area contributed by atoms with E-state index in [2.05, 4.69) is 16.3 Å². The fourth-order valence-corrected chi connectivity index (χ4v) is 9.85. The van der Waals surface area contributed by atoms with Gasteiger partial charge in [0.15, 0.2) is 0 Å². The molecule has 1 spiro atoms. The van der Waals surface area contributed by atoms with Crippen molar-refractivity contribution in [3.05, 3.63) is 45.7 Å². The molecule has 8 rings (SSSR count). The van der Waals surface area contributed by atoms with Gasteiger partial charge in [-0.3, -0.25) is 10.2 Å². The number of likely N-dealkylation sites (tertiary alicyclic amines) is 1. The summed E-state index contributed by atoms with van der Waals surface area (Å²) in [6.07, 6.45) is 0.0850. The van der Waals surface area contributed by atoms with Crippen LogP contribution in [0.25, 0.3) is 32.1 Å². The summed E-state index contributed by atoms with van der Waals surface area (Å²) in [6, 6.07) is 7.02. The van der Waals surface area contributed by atoms with Crippen molar-refractivity contribution in [3.8, 4) is 23.1 Å². The van der Waals surface area contributed by atoms with E-state index < -0.39 is 29.2 Å². The number of nitriles is 1. The number of aliphatic hydroxyl groups is 1. The van der Waals surface area contributed by atoms with Crippen LogP contribution < -0.4 is 15.0 Å². The summed E-state index contributed by atoms with van der Waals surface area (Å²) >= 11 is 8.39. The predicted octanol–water partition coefficient (Wildman–Crippen LogP) is 8.26. The number of anilines is 2. The molecule has 12 nitrogen and oxygen atoms in total. The van der Waals surface area contributed by atoms with E-state index in [0.29, 0.717) is 28.6 Å². The van der Waals surface area contributed by atoms with Crippen LogP contribution in [0.2, 0.25) is 5.02 Å². The number of amides is 2. The molecule has 1 saturated carbocycles. The molecule has 2 saturated heterocycles. The molecule has 0 radical (unpaired) electrons. The molecule has 3 unspecified atom stereocenters. The summed E-state index contributed by atoms with van der Waals surface area (Å²) in [7, 11) is 0. The first kappa shape index (κ1) is 36.6. The van der Waals surface area contributed by atoms with Crippen molar-refractivity contribution in [2.24, 2.45) is 0 Å². The molecular weight excluding hydrogens is 737 g/mol. The van der Waals surface area contributed by atoms with E-state index in [1.807, 2.05) is 31.7 Å². The van der Waals surface area contributed by atoms with Crippen LogP contribution >= 0.6 is 22.9 Å². The number of hydrogen-bond acceptors (Lipinski definition) is 11. The lowest BCUT2D eigenvalue weighted by molar-refractivity contribution is -0.166. The molecule has 2 aromatic heterocycles. The third kappa shape index (κ3) is 5.53. The monoisotopic (exact) mass is 777 g/mol. The number of halogens is 2. The number of ether oxygens (including phenoxy) is 4. The molecule has 2 N–H and O–H groups in total. The van der Waals surface area contributed by atoms with Crippen molar-refractivity contribution < 1.29 is 38.0 Å². The van der Waals surface area contributed by atoms with Gasteiger partial charge in [0, 0.05) is 28.9 Å². The van der Waals surface area contributed by atoms with E-state index in [4.69, 9.17) is 35.5 Å². The van der Waals surface area contributed by atoms with Crippen LogP contribution in [-0.4, -0.2) is 75.3 Å². The van der Waals surface area contributed by atoms with Crippen LogP contribution in [0, 0.1) is 17.1 Å². The quantitative estimate of drug-likeness (QED) is 0.196. The van der Waals surface area contributed by atoms with Crippen molar-refractivity contribution in [1.29, 1.82) is 5.26 Å². The van der Waals surface area contributed by atoms with Crippen LogP contribution in [0.4, 0.5) is 24.7 Å². The predicted molar refractivity (Wildman–Crippen MR) is 203 cm³/mol. The number of benzene rings is 2. The fourth-order valence-electron chi connectivity index (χ4n) is 8.43. The Morgan fingerprint density at radius 2 is 1.89 bits per heavy atom. The number of nitrogens with one attached hydrogen (secondary N) is 1. The molecule has 15 heteroatoms. The number of fused-ring (bicyclic) bond motifs is 4. The zero-order valence-electron chi connectivity index (χ0n) is 31.1. The lowest BCUT2D eigenvalue weighted by atomic mass is 9.52. The Labute approximate surface area is 320 Å². The number of carbonyl (C=O) groups excluding carboxylic acids is 2. The van der Waals surface area contributed by atoms with Crippen molar-refractivity contribution in [2.75, 3.05) is 23.4 Å². The van der Waals surface area contributed by atoms with Gasteiger partial charge >= 0.3 is 12.2 Å². The van der Waals surface area contributed by atoms with Crippen LogP contribution in [0.5, 0.6) is 5.88 Å². The number of carbonyl (C=O) groups is 2. The number of hydrogen-bond donors (Lipinski definition) is 2. The van der Waals surface area contributed by atoms with Gasteiger partial charge < -0.3 is 29.0 Å². The second kappa shape index (κ2) is 12.6. The fraction of sp³-hybridized carbons (Fsp3) is 0.487. The molecule has 4 atom stereocenters. The largest absolute Gasteiger partial charge is 0.472 e. The Morgan fingerprint density at radius 3 is 2.52 bits per heavy atom. The van der Waals surface area contributed by atoms with Gasteiger partial charge in [-0.2, -0.15) is 5.26 Å². The highest BCUT2D eigenvalue weighted by Gasteiger charge is 2.77. The zero-order valence-corrected chi connectivity index (χ0v) is 32.6. The molecule has 284 valence electrons. The van der Waals surface area contributed by atoms with E-state index in [-0.39, 0.29) is 69.7 Å². The van der Waals surface area contributed by atoms with Gasteiger partial charge in [0.2, 0.25) is 5.88 Å². The number of aliphatic hydroxyl groups excluding tert-OH is 1. The number of rotatable bonds is 6. The topological polar surface area (TPSA) is 146 Å². The third-order valence-corrected chi connectivity index (χ3v) is 12.1. The number of piperazine rings is 1. The Bertz CT molecular complexity index is 2310. The summed E-state index contributed by atoms with van der Waals surface area (Å²) in [6.45, 7) is 13.2. The number of nitrogens with zero attached hydrogens (tertiary/aromatic N) is 4. The first-order chi connectivity index (χ1) is 25.5. The summed E-state index contributed by atoms with van der Waals surface area (Å²) < 4.78 is 39.1. The van der Waals surface area contributed by atoms with Gasteiger partial charge in [-0.1, -0.05) is 17.7 Å². The lowest BCUT2D eigenvalue weighted by Gasteiger charge is -2.80. The molecule has 4 aliphatic rings. The van der Waals surface area contributed by atoms with E-state index in [1.54, 1.807) is 33.8 Å². The smallest absolute Gasteiger partial charge is 0.412 e. The van der Waals surface area contributed by atoms with Crippen LogP contribution in [0.3, 0.4) is 0 Å². The van der Waals surface area contributed by atoms with E-state index in [0.717, 1.165) is 46.4 Å². The molecule has 54 heavy (non-hydrogen) atoms. The van der Waals surface area contributed by atoms with Gasteiger partial charge in [0.25, 0.3) is 0 Å². The highest BCUT2D eigenvalue weighted by molar-refractivity contribution is 7.23. The van der Waals surface area contributed by atoms with Gasteiger partial charge in [-0.25, -0.2) is 19.0 Å². The van der Waals surface area contributed by atoms with Crippen molar-refractivity contribution in [2.45, 2.75) is 109 Å². The molecule has 3 fully saturated rings. The first-order valence-electron chi connectivity index (χ1n) is 17.9. The minimum Gasteiger partial charge on any atom is -0.472 e. The maximum atomic E-state index is 15.6. The van der Waals surface area contributed by atoms with Gasteiger partial charge in [0.05, 0.1) is 63.9 Å². The standard InChI is InChI=1S/C39H41ClFN5O7S/c1-18(15-47)51-27-12-24(46-25-10-11-39(25)26(46)14-45(39)36(49)53-38(5,6)7)30-22-17-50-16-21(22)28(31(40)32(30)43-27)19-8-9-23(41)33-29(19)20(13-42)34(54-33)44-35(48)52-37(2,3)4/h8-9,12,18,25-26,47H,10-11,14-17H2,1-7H3,(H,44,48)/t18-,25?,26?,39?/m0/s1. The van der Waals surface area contributed by atoms with E-state index in [1.165, 1.54) is 6.07 Å². The maximum Gasteiger partial charge on any atom is 0.412 e. The molecule has 4 aromatic rings. The Kier molecular flexibility index (Phi) is 8.50. The van der Waals surface area contributed by atoms with Gasteiger partial charge in [0.1, 0.15) is 34.2 Å². The van der Waals surface area contributed by atoms with Crippen molar-refractivity contribution in [3.63, 3.8) is 0 Å². The van der Waals surface area contributed by atoms with Crippen LogP contribution in [-0.2, 0) is 27.4 Å². The summed E-state index contributed by atoms with van der Waals surface area (Å²) in [5.41, 5.74) is 2.26. The number of piperidine rings is 1. The minimum atomic E-state index is -0.793. The third-order valence-electron chi connectivity index (χ3n) is 10.6. The molecular formula is C39H41ClFN5O7S. The Morgan fingerprint density at radius 1 is 1.17 bits per heavy atom. The molecule has 2 amide bonds. The zero-order chi connectivity index (χ0) is 38.6.